The molecule has 0 saturated heterocycles. The van der Waals surface area contributed by atoms with E-state index in [1.165, 1.54) is 25.2 Å². The van der Waals surface area contributed by atoms with Gasteiger partial charge in [-0.2, -0.15) is 4.31 Å². The van der Waals surface area contributed by atoms with Crippen molar-refractivity contribution >= 4 is 10.0 Å². The molecule has 0 fully saturated rings. The first-order chi connectivity index (χ1) is 7.71. The Bertz CT molecular complexity index is 500. The Hall–Kier alpha value is -0.980. The fourth-order valence-corrected chi connectivity index (χ4v) is 2.79. The van der Waals surface area contributed by atoms with Crippen LogP contribution in [0.4, 0.5) is 4.39 Å². The summed E-state index contributed by atoms with van der Waals surface area (Å²) in [5.74, 6) is -0.579. The molecule has 0 atom stereocenters. The van der Waals surface area contributed by atoms with Gasteiger partial charge in [-0.25, -0.2) is 12.8 Å². The maximum atomic E-state index is 13.0. The monoisotopic (exact) mass is 260 g/mol. The van der Waals surface area contributed by atoms with Crippen LogP contribution in [0, 0.1) is 5.82 Å². The SMILES string of the molecule is CN(C(C)(C)CN)S(=O)(=O)c1cccc(F)c1. The van der Waals surface area contributed by atoms with Crippen molar-refractivity contribution in [3.8, 4) is 0 Å². The first-order valence-electron chi connectivity index (χ1n) is 5.16. The van der Waals surface area contributed by atoms with Crippen LogP contribution in [0.15, 0.2) is 29.2 Å². The molecule has 0 aliphatic heterocycles. The van der Waals surface area contributed by atoms with Gasteiger partial charge < -0.3 is 5.73 Å². The Morgan fingerprint density at radius 3 is 2.47 bits per heavy atom. The molecule has 1 rings (SSSR count). The summed E-state index contributed by atoms with van der Waals surface area (Å²) in [5, 5.41) is 0. The Balaban J connectivity index is 3.21. The van der Waals surface area contributed by atoms with Gasteiger partial charge in [-0.1, -0.05) is 6.07 Å². The number of halogens is 1. The fraction of sp³-hybridized carbons (Fsp3) is 0.455. The summed E-state index contributed by atoms with van der Waals surface area (Å²) in [6, 6.07) is 4.93. The van der Waals surface area contributed by atoms with Crippen LogP contribution in [0.1, 0.15) is 13.8 Å². The summed E-state index contributed by atoms with van der Waals surface area (Å²) >= 11 is 0. The third-order valence-electron chi connectivity index (χ3n) is 2.81. The first kappa shape index (κ1) is 14.1. The summed E-state index contributed by atoms with van der Waals surface area (Å²) in [7, 11) is -2.28. The number of nitrogens with two attached hydrogens (primary N) is 1. The number of likely N-dealkylation sites (N-methyl/N-ethyl adjacent to an activating group) is 1. The van der Waals surface area contributed by atoms with Crippen LogP contribution in [0.3, 0.4) is 0 Å². The molecule has 2 N–H and O–H groups in total. The molecule has 0 bridgehead atoms. The lowest BCUT2D eigenvalue weighted by Crippen LogP contribution is -2.49. The second-order valence-corrected chi connectivity index (χ2v) is 6.42. The highest BCUT2D eigenvalue weighted by molar-refractivity contribution is 7.89. The van der Waals surface area contributed by atoms with Crippen molar-refractivity contribution in [2.24, 2.45) is 5.73 Å². The smallest absolute Gasteiger partial charge is 0.243 e. The number of hydrogen-bond donors (Lipinski definition) is 1. The minimum absolute atomic E-state index is 0.0680. The molecule has 0 heterocycles. The van der Waals surface area contributed by atoms with Crippen LogP contribution in [0.25, 0.3) is 0 Å². The van der Waals surface area contributed by atoms with Crippen LogP contribution < -0.4 is 5.73 Å². The van der Waals surface area contributed by atoms with Gasteiger partial charge in [-0.05, 0) is 32.0 Å². The molecule has 96 valence electrons. The number of hydrogen-bond acceptors (Lipinski definition) is 3. The van der Waals surface area contributed by atoms with Gasteiger partial charge in [-0.3, -0.25) is 0 Å². The van der Waals surface area contributed by atoms with E-state index in [-0.39, 0.29) is 11.4 Å². The molecule has 0 saturated carbocycles. The van der Waals surface area contributed by atoms with Crippen LogP contribution in [-0.4, -0.2) is 31.9 Å². The predicted molar refractivity (Wildman–Crippen MR) is 64.5 cm³/mol. The van der Waals surface area contributed by atoms with Crippen LogP contribution in [0.2, 0.25) is 0 Å². The van der Waals surface area contributed by atoms with Crippen molar-refractivity contribution in [3.05, 3.63) is 30.1 Å². The number of benzene rings is 1. The van der Waals surface area contributed by atoms with Crippen molar-refractivity contribution in [1.29, 1.82) is 0 Å². The topological polar surface area (TPSA) is 63.4 Å². The van der Waals surface area contributed by atoms with Gasteiger partial charge in [0, 0.05) is 19.1 Å². The summed E-state index contributed by atoms with van der Waals surface area (Å²) in [6.45, 7) is 3.60. The van der Waals surface area contributed by atoms with E-state index in [1.54, 1.807) is 13.8 Å². The van der Waals surface area contributed by atoms with E-state index in [4.69, 9.17) is 5.73 Å². The second kappa shape index (κ2) is 4.72. The Morgan fingerprint density at radius 1 is 1.41 bits per heavy atom. The van der Waals surface area contributed by atoms with Crippen molar-refractivity contribution in [1.82, 2.24) is 4.31 Å². The van der Waals surface area contributed by atoms with E-state index < -0.39 is 21.4 Å². The molecule has 17 heavy (non-hydrogen) atoms. The number of sulfonamides is 1. The van der Waals surface area contributed by atoms with Gasteiger partial charge in [0.2, 0.25) is 10.0 Å². The zero-order valence-corrected chi connectivity index (χ0v) is 11.0. The predicted octanol–water partition coefficient (Wildman–Crippen LogP) is 1.18. The van der Waals surface area contributed by atoms with E-state index in [1.807, 2.05) is 0 Å². The van der Waals surface area contributed by atoms with E-state index in [9.17, 15) is 12.8 Å². The van der Waals surface area contributed by atoms with E-state index in [0.717, 1.165) is 10.4 Å². The van der Waals surface area contributed by atoms with Crippen LogP contribution >= 0.6 is 0 Å². The molecule has 0 aliphatic rings. The maximum absolute atomic E-state index is 13.0. The van der Waals surface area contributed by atoms with E-state index >= 15 is 0 Å². The van der Waals surface area contributed by atoms with Gasteiger partial charge in [0.1, 0.15) is 5.82 Å². The summed E-state index contributed by atoms with van der Waals surface area (Å²) in [6.07, 6.45) is 0. The highest BCUT2D eigenvalue weighted by Gasteiger charge is 2.32. The highest BCUT2D eigenvalue weighted by Crippen LogP contribution is 2.22. The zero-order valence-electron chi connectivity index (χ0n) is 10.1. The quantitative estimate of drug-likeness (QED) is 0.884. The standard InChI is InChI=1S/C11H17FN2O2S/c1-11(2,8-13)14(3)17(15,16)10-6-4-5-9(12)7-10/h4-7H,8,13H2,1-3H3. The second-order valence-electron chi connectivity index (χ2n) is 4.45. The van der Waals surface area contributed by atoms with Crippen LogP contribution in [0.5, 0.6) is 0 Å². The number of nitrogens with zero attached hydrogens (tertiary/aromatic N) is 1. The molecule has 1 aromatic rings. The zero-order chi connectivity index (χ0) is 13.3. The average Bonchev–Trinajstić information content (AvgIpc) is 2.28. The largest absolute Gasteiger partial charge is 0.329 e. The maximum Gasteiger partial charge on any atom is 0.243 e. The van der Waals surface area contributed by atoms with Gasteiger partial charge in [0.15, 0.2) is 0 Å². The van der Waals surface area contributed by atoms with Crippen molar-refractivity contribution < 1.29 is 12.8 Å². The van der Waals surface area contributed by atoms with E-state index in [2.05, 4.69) is 0 Å². The summed E-state index contributed by atoms with van der Waals surface area (Å²) in [4.78, 5) is -0.0680. The molecule has 0 aromatic heterocycles. The van der Waals surface area contributed by atoms with Crippen molar-refractivity contribution in [2.45, 2.75) is 24.3 Å². The third kappa shape index (κ3) is 2.83. The number of rotatable bonds is 4. The first-order valence-corrected chi connectivity index (χ1v) is 6.60. The molecule has 4 nitrogen and oxygen atoms in total. The molecular formula is C11H17FN2O2S. The normalized spacial score (nSPS) is 13.1. The van der Waals surface area contributed by atoms with Gasteiger partial charge in [0.05, 0.1) is 4.90 Å². The molecule has 6 heteroatoms. The molecule has 0 amide bonds. The van der Waals surface area contributed by atoms with Crippen molar-refractivity contribution in [2.75, 3.05) is 13.6 Å². The van der Waals surface area contributed by atoms with E-state index in [0.29, 0.717) is 0 Å². The summed E-state index contributed by atoms with van der Waals surface area (Å²) < 4.78 is 38.6. The Labute approximate surface area is 101 Å². The van der Waals surface area contributed by atoms with Crippen molar-refractivity contribution in [3.63, 3.8) is 0 Å². The third-order valence-corrected chi connectivity index (χ3v) is 4.87. The van der Waals surface area contributed by atoms with Gasteiger partial charge in [0.25, 0.3) is 0 Å². The Morgan fingerprint density at radius 2 is 2.00 bits per heavy atom. The summed E-state index contributed by atoms with van der Waals surface area (Å²) in [5.41, 5.74) is 4.81. The lowest BCUT2D eigenvalue weighted by molar-refractivity contribution is 0.274. The molecule has 0 radical (unpaired) electrons. The molecule has 0 unspecified atom stereocenters. The molecular weight excluding hydrogens is 243 g/mol. The molecule has 0 spiro atoms. The lowest BCUT2D eigenvalue weighted by atomic mass is 10.1. The fourth-order valence-electron chi connectivity index (χ4n) is 1.24. The van der Waals surface area contributed by atoms with Gasteiger partial charge in [-0.15, -0.1) is 0 Å². The Kier molecular flexibility index (Phi) is 3.91. The van der Waals surface area contributed by atoms with Crippen LogP contribution in [-0.2, 0) is 10.0 Å². The highest BCUT2D eigenvalue weighted by atomic mass is 32.2. The van der Waals surface area contributed by atoms with Gasteiger partial charge >= 0.3 is 0 Å². The minimum Gasteiger partial charge on any atom is -0.329 e. The average molecular weight is 260 g/mol. The molecule has 0 aliphatic carbocycles. The minimum atomic E-state index is -3.72. The molecule has 1 aromatic carbocycles. The lowest BCUT2D eigenvalue weighted by Gasteiger charge is -2.33.